The van der Waals surface area contributed by atoms with Crippen LogP contribution in [-0.2, 0) is 6.42 Å². The average molecular weight is 392 g/mol. The predicted molar refractivity (Wildman–Crippen MR) is 118 cm³/mol. The third kappa shape index (κ3) is 3.22. The van der Waals surface area contributed by atoms with Gasteiger partial charge >= 0.3 is 0 Å². The van der Waals surface area contributed by atoms with Gasteiger partial charge in [0.15, 0.2) is 5.78 Å². The summed E-state index contributed by atoms with van der Waals surface area (Å²) in [7, 11) is 1.65. The highest BCUT2D eigenvalue weighted by atomic mass is 16.5. The highest BCUT2D eigenvalue weighted by Gasteiger charge is 2.25. The molecule has 0 N–H and O–H groups in total. The molecule has 4 nitrogen and oxygen atoms in total. The molecule has 5 rings (SSSR count). The molecule has 1 aliphatic carbocycles. The van der Waals surface area contributed by atoms with Crippen LogP contribution >= 0.6 is 0 Å². The number of allylic oxidation sites excluding steroid dienone is 1. The minimum absolute atomic E-state index is 0.0961. The molecular formula is C26H20N2O2. The number of methoxy groups -OCH3 is 1. The van der Waals surface area contributed by atoms with Gasteiger partial charge in [0.05, 0.1) is 18.5 Å². The van der Waals surface area contributed by atoms with Crippen molar-refractivity contribution in [2.24, 2.45) is 0 Å². The highest BCUT2D eigenvalue weighted by molar-refractivity contribution is 6.15. The van der Waals surface area contributed by atoms with E-state index in [0.29, 0.717) is 6.42 Å². The van der Waals surface area contributed by atoms with E-state index in [2.05, 4.69) is 0 Å². The summed E-state index contributed by atoms with van der Waals surface area (Å²) in [5.74, 6) is 0.890. The van der Waals surface area contributed by atoms with Crippen molar-refractivity contribution in [2.75, 3.05) is 7.11 Å². The van der Waals surface area contributed by atoms with Crippen molar-refractivity contribution in [3.63, 3.8) is 0 Å². The van der Waals surface area contributed by atoms with Crippen LogP contribution < -0.4 is 4.74 Å². The largest absolute Gasteiger partial charge is 0.497 e. The summed E-state index contributed by atoms with van der Waals surface area (Å²) in [4.78, 5) is 12.9. The van der Waals surface area contributed by atoms with Crippen LogP contribution in [-0.4, -0.2) is 22.7 Å². The number of ketones is 1. The molecule has 0 fully saturated rings. The van der Waals surface area contributed by atoms with Crippen molar-refractivity contribution in [2.45, 2.75) is 6.42 Å². The molecule has 0 radical (unpaired) electrons. The maximum atomic E-state index is 12.9. The maximum absolute atomic E-state index is 12.9. The molecule has 0 atom stereocenters. The van der Waals surface area contributed by atoms with Crippen LogP contribution in [0.4, 0.5) is 0 Å². The van der Waals surface area contributed by atoms with E-state index >= 15 is 0 Å². The van der Waals surface area contributed by atoms with Crippen molar-refractivity contribution in [1.82, 2.24) is 9.78 Å². The molecule has 3 aromatic carbocycles. The first-order valence-electron chi connectivity index (χ1n) is 9.85. The Kier molecular flexibility index (Phi) is 4.52. The fourth-order valence-corrected chi connectivity index (χ4v) is 3.84. The number of carbonyl (C=O) groups is 1. The molecule has 146 valence electrons. The first-order valence-corrected chi connectivity index (χ1v) is 9.85. The van der Waals surface area contributed by atoms with Gasteiger partial charge < -0.3 is 4.74 Å². The number of rotatable bonds is 4. The molecule has 0 unspecified atom stereocenters. The van der Waals surface area contributed by atoms with Gasteiger partial charge in [-0.3, -0.25) is 4.79 Å². The Bertz CT molecular complexity index is 1250. The quantitative estimate of drug-likeness (QED) is 0.439. The molecule has 0 bridgehead atoms. The van der Waals surface area contributed by atoms with Crippen LogP contribution in [0.3, 0.4) is 0 Å². The summed E-state index contributed by atoms with van der Waals surface area (Å²) in [6, 6.07) is 25.6. The van der Waals surface area contributed by atoms with Crippen LogP contribution in [0.25, 0.3) is 23.0 Å². The molecular weight excluding hydrogens is 372 g/mol. The monoisotopic (exact) mass is 392 g/mol. The minimum atomic E-state index is 0.0961. The number of aromatic nitrogens is 2. The van der Waals surface area contributed by atoms with E-state index in [4.69, 9.17) is 9.84 Å². The lowest BCUT2D eigenvalue weighted by Crippen LogP contribution is -1.95. The van der Waals surface area contributed by atoms with Gasteiger partial charge in [-0.25, -0.2) is 4.68 Å². The van der Waals surface area contributed by atoms with Gasteiger partial charge in [0.25, 0.3) is 0 Å². The van der Waals surface area contributed by atoms with Crippen molar-refractivity contribution >= 4 is 11.9 Å². The molecule has 1 heterocycles. The molecule has 0 aliphatic heterocycles. The number of hydrogen-bond acceptors (Lipinski definition) is 3. The number of para-hydroxylation sites is 1. The summed E-state index contributed by atoms with van der Waals surface area (Å²) < 4.78 is 7.14. The van der Waals surface area contributed by atoms with Gasteiger partial charge in [-0.05, 0) is 48.0 Å². The standard InChI is InChI=1S/C26H20N2O2/c1-30-23-13-11-18(12-14-23)25-21(17-28(27-25)22-8-3-2-4-9-22)16-20-15-19-7-5-6-10-24(19)26(20)29/h2-14,16-17H,15H2,1H3. The normalized spacial score (nSPS) is 14.2. The first kappa shape index (κ1) is 18.1. The summed E-state index contributed by atoms with van der Waals surface area (Å²) in [6.45, 7) is 0. The van der Waals surface area contributed by atoms with E-state index in [-0.39, 0.29) is 5.78 Å². The molecule has 0 saturated heterocycles. The van der Waals surface area contributed by atoms with Gasteiger partial charge in [-0.1, -0.05) is 42.5 Å². The number of hydrogen-bond donors (Lipinski definition) is 0. The first-order chi connectivity index (χ1) is 14.7. The fraction of sp³-hybridized carbons (Fsp3) is 0.0769. The lowest BCUT2D eigenvalue weighted by Gasteiger charge is -2.03. The third-order valence-electron chi connectivity index (χ3n) is 5.39. The van der Waals surface area contributed by atoms with Crippen LogP contribution in [0.1, 0.15) is 21.5 Å². The van der Waals surface area contributed by atoms with E-state index in [9.17, 15) is 4.79 Å². The maximum Gasteiger partial charge on any atom is 0.189 e. The Morgan fingerprint density at radius 2 is 1.67 bits per heavy atom. The summed E-state index contributed by atoms with van der Waals surface area (Å²) in [5.41, 5.74) is 6.36. The van der Waals surface area contributed by atoms with Crippen LogP contribution in [0.5, 0.6) is 5.75 Å². The predicted octanol–water partition coefficient (Wildman–Crippen LogP) is 5.37. The summed E-state index contributed by atoms with van der Waals surface area (Å²) >= 11 is 0. The molecule has 4 heteroatoms. The topological polar surface area (TPSA) is 44.1 Å². The number of benzene rings is 3. The Morgan fingerprint density at radius 3 is 2.40 bits per heavy atom. The van der Waals surface area contributed by atoms with E-state index < -0.39 is 0 Å². The second-order valence-electron chi connectivity index (χ2n) is 7.27. The van der Waals surface area contributed by atoms with Gasteiger partial charge in [-0.15, -0.1) is 0 Å². The molecule has 1 aliphatic rings. The Balaban J connectivity index is 1.61. The summed E-state index contributed by atoms with van der Waals surface area (Å²) in [5, 5.41) is 4.84. The van der Waals surface area contributed by atoms with Gasteiger partial charge in [0.2, 0.25) is 0 Å². The van der Waals surface area contributed by atoms with E-state index in [1.54, 1.807) is 7.11 Å². The second kappa shape index (κ2) is 7.48. The highest BCUT2D eigenvalue weighted by Crippen LogP contribution is 2.31. The molecule has 4 aromatic rings. The smallest absolute Gasteiger partial charge is 0.189 e. The molecule has 0 amide bonds. The Labute approximate surface area is 175 Å². The molecule has 1 aromatic heterocycles. The lowest BCUT2D eigenvalue weighted by atomic mass is 10.0. The van der Waals surface area contributed by atoms with E-state index in [1.165, 1.54) is 0 Å². The average Bonchev–Trinajstić information content (AvgIpc) is 3.36. The van der Waals surface area contributed by atoms with Gasteiger partial charge in [0.1, 0.15) is 5.75 Å². The van der Waals surface area contributed by atoms with Crippen LogP contribution in [0, 0.1) is 0 Å². The minimum Gasteiger partial charge on any atom is -0.497 e. The van der Waals surface area contributed by atoms with E-state index in [1.807, 2.05) is 95.8 Å². The van der Waals surface area contributed by atoms with Crippen molar-refractivity contribution in [1.29, 1.82) is 0 Å². The number of ether oxygens (including phenoxy) is 1. The zero-order chi connectivity index (χ0) is 20.5. The summed E-state index contributed by atoms with van der Waals surface area (Å²) in [6.07, 6.45) is 4.61. The number of Topliss-reactive ketones (excluding diaryl/α,β-unsaturated/α-hetero) is 1. The number of fused-ring (bicyclic) bond motifs is 1. The fourth-order valence-electron chi connectivity index (χ4n) is 3.84. The SMILES string of the molecule is COc1ccc(-c2nn(-c3ccccc3)cc2C=C2Cc3ccccc3C2=O)cc1. The van der Waals surface area contributed by atoms with Gasteiger partial charge in [0, 0.05) is 34.9 Å². The van der Waals surface area contributed by atoms with E-state index in [0.717, 1.165) is 45.0 Å². The Morgan fingerprint density at radius 1 is 0.933 bits per heavy atom. The zero-order valence-corrected chi connectivity index (χ0v) is 16.6. The molecule has 30 heavy (non-hydrogen) atoms. The van der Waals surface area contributed by atoms with Crippen LogP contribution in [0.2, 0.25) is 0 Å². The lowest BCUT2D eigenvalue weighted by molar-refractivity contribution is 0.104. The Hall–Kier alpha value is -3.92. The van der Waals surface area contributed by atoms with Crippen molar-refractivity contribution < 1.29 is 9.53 Å². The number of nitrogens with zero attached hydrogens (tertiary/aromatic N) is 2. The zero-order valence-electron chi connectivity index (χ0n) is 16.6. The van der Waals surface area contributed by atoms with Crippen molar-refractivity contribution in [3.8, 4) is 22.7 Å². The molecule has 0 saturated carbocycles. The molecule has 0 spiro atoms. The second-order valence-corrected chi connectivity index (χ2v) is 7.27. The van der Waals surface area contributed by atoms with Gasteiger partial charge in [-0.2, -0.15) is 5.10 Å². The number of carbonyl (C=O) groups excluding carboxylic acids is 1. The third-order valence-corrected chi connectivity index (χ3v) is 5.39. The van der Waals surface area contributed by atoms with Crippen molar-refractivity contribution in [3.05, 3.63) is 107 Å². The van der Waals surface area contributed by atoms with Crippen LogP contribution in [0.15, 0.2) is 90.6 Å².